The fraction of sp³-hybridized carbons (Fsp3) is 0.458. The smallest absolute Gasteiger partial charge is 0.173 e. The molecule has 0 amide bonds. The monoisotopic (exact) mass is 566 g/mol. The Labute approximate surface area is 205 Å². The Kier molecular flexibility index (Phi) is 11.8. The van der Waals surface area contributed by atoms with Crippen LogP contribution in [-0.2, 0) is 25.2 Å². The number of hydrogen-bond donors (Lipinski definition) is 0. The van der Waals surface area contributed by atoms with Gasteiger partial charge in [0.05, 0.1) is 52.6 Å². The Morgan fingerprint density at radius 1 is 0.875 bits per heavy atom. The molecule has 0 saturated carbocycles. The summed E-state index contributed by atoms with van der Waals surface area (Å²) in [5, 5.41) is 1.48. The van der Waals surface area contributed by atoms with Crippen LogP contribution in [0.4, 0.5) is 0 Å². The molecular weight excluding hydrogens is 532 g/mol. The third-order valence-corrected chi connectivity index (χ3v) is 9.21. The van der Waals surface area contributed by atoms with Gasteiger partial charge in [-0.1, -0.05) is 18.2 Å². The number of benzene rings is 2. The summed E-state index contributed by atoms with van der Waals surface area (Å²) in [5.41, 5.74) is 1.10. The summed E-state index contributed by atoms with van der Waals surface area (Å²) in [5.74, 6) is 0.924. The van der Waals surface area contributed by atoms with Crippen LogP contribution in [0.2, 0.25) is 0 Å². The van der Waals surface area contributed by atoms with Crippen LogP contribution >= 0.6 is 17.9 Å². The first-order valence-corrected chi connectivity index (χ1v) is 15.7. The van der Waals surface area contributed by atoms with Gasteiger partial charge in [0.2, 0.25) is 0 Å². The first kappa shape index (κ1) is 25.9. The van der Waals surface area contributed by atoms with E-state index in [1.807, 2.05) is 42.7 Å². The molecule has 2 heterocycles. The molecule has 32 heavy (non-hydrogen) atoms. The first-order chi connectivity index (χ1) is 15.7. The Bertz CT molecular complexity index is 798. The van der Waals surface area contributed by atoms with Gasteiger partial charge in [-0.25, -0.2) is 0 Å². The van der Waals surface area contributed by atoms with Crippen molar-refractivity contribution in [1.29, 1.82) is 0 Å². The van der Waals surface area contributed by atoms with Crippen LogP contribution in [0.15, 0.2) is 54.6 Å². The molecule has 0 N–H and O–H groups in total. The minimum Gasteiger partial charge on any atom is -0.378 e. The van der Waals surface area contributed by atoms with E-state index in [2.05, 4.69) is 39.7 Å². The van der Waals surface area contributed by atoms with E-state index in [9.17, 15) is 0 Å². The minimum absolute atomic E-state index is 0.191. The SMILES string of the molecule is CC(C)Oc1ccccc1[CH]=[Ru][Cl].c1ccc([PH+](N2CCOCC2)N2CCOCC2)cc1. The Morgan fingerprint density at radius 3 is 1.94 bits per heavy atom. The van der Waals surface area contributed by atoms with Gasteiger partial charge in [0, 0.05) is 0 Å². The van der Waals surface area contributed by atoms with E-state index >= 15 is 0 Å². The van der Waals surface area contributed by atoms with Crippen molar-refractivity contribution in [2.75, 3.05) is 52.6 Å². The van der Waals surface area contributed by atoms with Gasteiger partial charge in [-0.15, -0.1) is 0 Å². The molecule has 0 spiro atoms. The quantitative estimate of drug-likeness (QED) is 0.392. The van der Waals surface area contributed by atoms with Crippen molar-refractivity contribution >= 4 is 27.8 Å². The van der Waals surface area contributed by atoms with Crippen molar-refractivity contribution in [3.8, 4) is 5.75 Å². The zero-order valence-electron chi connectivity index (χ0n) is 18.9. The van der Waals surface area contributed by atoms with Crippen molar-refractivity contribution in [3.05, 3.63) is 60.2 Å². The number of hydrogen-bond acceptors (Lipinski definition) is 5. The second kappa shape index (κ2) is 14.5. The largest absolute Gasteiger partial charge is 0.378 e. The molecule has 2 aromatic carbocycles. The van der Waals surface area contributed by atoms with Gasteiger partial charge in [-0.05, 0) is 12.1 Å². The zero-order valence-corrected chi connectivity index (χ0v) is 22.4. The number of morpholine rings is 2. The number of ether oxygens (including phenoxy) is 3. The molecule has 0 atom stereocenters. The van der Waals surface area contributed by atoms with E-state index in [0.29, 0.717) is 0 Å². The summed E-state index contributed by atoms with van der Waals surface area (Å²) < 4.78 is 23.9. The fourth-order valence-corrected chi connectivity index (χ4v) is 7.61. The summed E-state index contributed by atoms with van der Waals surface area (Å²) in [7, 11) is 4.91. The van der Waals surface area contributed by atoms with Crippen LogP contribution in [0.5, 0.6) is 5.75 Å². The predicted octanol–water partition coefficient (Wildman–Crippen LogP) is 3.88. The Balaban J connectivity index is 0.000000195. The predicted molar refractivity (Wildman–Crippen MR) is 132 cm³/mol. The van der Waals surface area contributed by atoms with Crippen molar-refractivity contribution in [1.82, 2.24) is 9.34 Å². The van der Waals surface area contributed by atoms with E-state index in [1.165, 1.54) is 5.30 Å². The summed E-state index contributed by atoms with van der Waals surface area (Å²) in [6, 6.07) is 18.9. The average Bonchev–Trinajstić information content (AvgIpc) is 2.83. The summed E-state index contributed by atoms with van der Waals surface area (Å²) in [6.45, 7) is 11.7. The molecule has 2 aliphatic rings. The molecule has 0 bridgehead atoms. The molecule has 0 unspecified atom stereocenters. The third kappa shape index (κ3) is 8.26. The standard InChI is InChI=1S/C14H21N2O2P.C10H12O.ClH.Ru/c1-2-4-14(5-3-1)19(15-6-10-17-11-7-15)16-8-12-18-13-9-16;1-8(2)11-10-7-5-4-6-9(10)3;;/h1-5H,6-13H2;3-8H,1-2H3;1H;/q;;;+1. The molecule has 0 radical (unpaired) electrons. The van der Waals surface area contributed by atoms with Crippen LogP contribution in [0.1, 0.15) is 19.4 Å². The van der Waals surface area contributed by atoms with Crippen LogP contribution < -0.4 is 10.0 Å². The van der Waals surface area contributed by atoms with E-state index in [0.717, 1.165) is 63.9 Å². The second-order valence-electron chi connectivity index (χ2n) is 7.77. The maximum Gasteiger partial charge on any atom is 0.173 e. The van der Waals surface area contributed by atoms with Gasteiger partial charge in [-0.3, -0.25) is 0 Å². The van der Waals surface area contributed by atoms with Gasteiger partial charge in [-0.2, -0.15) is 9.34 Å². The third-order valence-electron chi connectivity index (χ3n) is 5.08. The molecule has 177 valence electrons. The van der Waals surface area contributed by atoms with E-state index < -0.39 is 8.22 Å². The van der Waals surface area contributed by atoms with Gasteiger partial charge in [0.1, 0.15) is 5.30 Å². The molecule has 8 heteroatoms. The number of halogens is 1. The van der Waals surface area contributed by atoms with Crippen molar-refractivity contribution < 1.29 is 29.9 Å². The van der Waals surface area contributed by atoms with Crippen molar-refractivity contribution in [2.45, 2.75) is 20.0 Å². The molecule has 5 nitrogen and oxygen atoms in total. The molecule has 0 aromatic heterocycles. The topological polar surface area (TPSA) is 34.2 Å². The molecule has 4 rings (SSSR count). The molecule has 2 aliphatic heterocycles. The van der Waals surface area contributed by atoms with E-state index in [1.54, 1.807) is 0 Å². The zero-order chi connectivity index (χ0) is 22.6. The van der Waals surface area contributed by atoms with Crippen LogP contribution in [0.25, 0.3) is 0 Å². The molecule has 0 aliphatic carbocycles. The van der Waals surface area contributed by atoms with Gasteiger partial charge in [0.15, 0.2) is 8.22 Å². The molecular formula is C24H34ClN2O3PRu+. The van der Waals surface area contributed by atoms with Gasteiger partial charge < -0.3 is 9.47 Å². The van der Waals surface area contributed by atoms with Gasteiger partial charge >= 0.3 is 90.3 Å². The molecule has 2 fully saturated rings. The van der Waals surface area contributed by atoms with E-state index in [-0.39, 0.29) is 21.8 Å². The number of para-hydroxylation sites is 1. The number of nitrogens with zero attached hydrogens (tertiary/aromatic N) is 2. The van der Waals surface area contributed by atoms with Crippen molar-refractivity contribution in [2.24, 2.45) is 0 Å². The molecule has 2 aromatic rings. The maximum atomic E-state index is 5.72. The van der Waals surface area contributed by atoms with Crippen molar-refractivity contribution in [3.63, 3.8) is 0 Å². The van der Waals surface area contributed by atoms with Crippen LogP contribution in [0, 0.1) is 0 Å². The maximum absolute atomic E-state index is 5.72. The Morgan fingerprint density at radius 2 is 1.41 bits per heavy atom. The summed E-state index contributed by atoms with van der Waals surface area (Å²) in [6.07, 6.45) is 0.209. The fourth-order valence-electron chi connectivity index (χ4n) is 3.67. The second-order valence-corrected chi connectivity index (χ2v) is 12.1. The first-order valence-electron chi connectivity index (χ1n) is 11.1. The van der Waals surface area contributed by atoms with E-state index in [4.69, 9.17) is 23.9 Å². The number of rotatable bonds is 6. The Hall–Kier alpha value is -0.707. The molecule has 2 saturated heterocycles. The average molecular weight is 566 g/mol. The van der Waals surface area contributed by atoms with Crippen LogP contribution in [-0.4, -0.2) is 72.7 Å². The summed E-state index contributed by atoms with van der Waals surface area (Å²) >= 11 is -0.191. The normalized spacial score (nSPS) is 18.3. The minimum atomic E-state index is -0.817. The van der Waals surface area contributed by atoms with Gasteiger partial charge in [0.25, 0.3) is 0 Å². The summed E-state index contributed by atoms with van der Waals surface area (Å²) in [4.78, 5) is 0. The van der Waals surface area contributed by atoms with Crippen LogP contribution in [0.3, 0.4) is 0 Å².